The summed E-state index contributed by atoms with van der Waals surface area (Å²) < 4.78 is 99.2. The zero-order valence-corrected chi connectivity index (χ0v) is 63.0. The fourth-order valence-electron chi connectivity index (χ4n) is 13.2. The highest BCUT2D eigenvalue weighted by Gasteiger charge is 2.37. The summed E-state index contributed by atoms with van der Waals surface area (Å²) in [5.74, 6) is 4.41. The Hall–Kier alpha value is -12.3. The number of sulfonamides is 2. The number of methoxy groups -OCH3 is 6. The second-order valence-electron chi connectivity index (χ2n) is 25.6. The Labute approximate surface area is 637 Å². The largest absolute Gasteiger partial charge is 0.497 e. The van der Waals surface area contributed by atoms with Crippen molar-refractivity contribution in [2.75, 3.05) is 55.9 Å². The number of benzene rings is 10. The molecule has 0 atom stereocenters. The van der Waals surface area contributed by atoms with E-state index in [0.717, 1.165) is 72.1 Å². The van der Waals surface area contributed by atoms with Crippen molar-refractivity contribution < 1.29 is 55.5 Å². The molecule has 4 aromatic heterocycles. The van der Waals surface area contributed by atoms with Gasteiger partial charge in [0, 0.05) is 68.1 Å². The molecule has 0 amide bonds. The Morgan fingerprint density at radius 1 is 0.373 bits per heavy atom. The Morgan fingerprint density at radius 3 is 1.12 bits per heavy atom. The lowest BCUT2D eigenvalue weighted by Gasteiger charge is -2.27. The van der Waals surface area contributed by atoms with E-state index in [1.165, 1.54) is 13.4 Å². The van der Waals surface area contributed by atoms with E-state index < -0.39 is 20.0 Å². The molecule has 0 radical (unpaired) electrons. The summed E-state index contributed by atoms with van der Waals surface area (Å²) >= 11 is 0. The molecule has 110 heavy (non-hydrogen) atoms. The molecule has 2 N–H and O–H groups in total. The molecule has 560 valence electrons. The minimum Gasteiger partial charge on any atom is -0.497 e. The first-order valence-corrected chi connectivity index (χ1v) is 38.1. The lowest BCUT2D eigenvalue weighted by Crippen LogP contribution is -2.32. The van der Waals surface area contributed by atoms with E-state index in [1.54, 1.807) is 120 Å². The van der Waals surface area contributed by atoms with Gasteiger partial charge in [0.15, 0.2) is 5.82 Å². The van der Waals surface area contributed by atoms with Crippen LogP contribution < -0.4 is 28.4 Å². The van der Waals surface area contributed by atoms with Crippen LogP contribution in [-0.4, -0.2) is 142 Å². The summed E-state index contributed by atoms with van der Waals surface area (Å²) in [6.07, 6.45) is 3.57. The molecule has 0 bridgehead atoms. The van der Waals surface area contributed by atoms with Crippen molar-refractivity contribution in [3.8, 4) is 79.5 Å². The maximum Gasteiger partial charge on any atom is 0.244 e. The molecule has 0 saturated carbocycles. The summed E-state index contributed by atoms with van der Waals surface area (Å²) in [4.78, 5) is 10.6. The van der Waals surface area contributed by atoms with E-state index in [9.17, 15) is 10.2 Å². The van der Waals surface area contributed by atoms with Crippen molar-refractivity contribution in [3.63, 3.8) is 0 Å². The number of aliphatic hydroxyl groups is 2. The van der Waals surface area contributed by atoms with Crippen LogP contribution in [0, 0.1) is 0 Å². The van der Waals surface area contributed by atoms with E-state index >= 15 is 16.8 Å². The minimum atomic E-state index is -4.40. The van der Waals surface area contributed by atoms with Gasteiger partial charge in [-0.3, -0.25) is 9.97 Å². The molecule has 0 unspecified atom stereocenters. The number of pyridine rings is 2. The summed E-state index contributed by atoms with van der Waals surface area (Å²) in [5.41, 5.74) is 10.4. The standard InChI is InChI=1S/2C42H40N6O6S/c1-52-33-16-9-29(10-17-33)26-47(27-30-11-18-34(53-2)19-12-30)55(50,51)41-32(23-25-49)15-22-38(36-6-4-8-39-37(36)7-5-24-43-39)40(41)42-44-45-46-48(42)28-31-13-20-35(54-3)21-14-31;1-52-33-16-9-29(10-17-33)26-47(27-30-11-18-34(53-2)19-12-30)55(50,51)41-32(23-25-49)15-22-38(36-6-4-8-39-37(36)7-5-24-43-39)40(41)42-44-46-48(45-42)28-31-13-20-35(54-3)21-14-31/h2*4-22,24,49H,23,25-28H2,1-3H3. The maximum atomic E-state index is 15.7. The first-order chi connectivity index (χ1) is 53.6. The molecule has 24 nitrogen and oxygen atoms in total. The quantitative estimate of drug-likeness (QED) is 0.0423. The smallest absolute Gasteiger partial charge is 0.244 e. The summed E-state index contributed by atoms with van der Waals surface area (Å²) in [5, 5.41) is 49.0. The number of tetrazole rings is 2. The zero-order valence-electron chi connectivity index (χ0n) is 61.3. The van der Waals surface area contributed by atoms with Gasteiger partial charge in [-0.1, -0.05) is 133 Å². The molecule has 10 aromatic carbocycles. The van der Waals surface area contributed by atoms with Gasteiger partial charge in [-0.25, -0.2) is 21.5 Å². The van der Waals surface area contributed by atoms with Gasteiger partial charge in [0.05, 0.1) is 82.1 Å². The number of aromatic nitrogens is 10. The van der Waals surface area contributed by atoms with Crippen LogP contribution in [0.5, 0.6) is 34.5 Å². The number of hydrogen-bond acceptors (Lipinski definition) is 20. The molecule has 0 aliphatic heterocycles. The Bertz CT molecular complexity index is 5610. The maximum absolute atomic E-state index is 15.7. The molecule has 14 rings (SSSR count). The van der Waals surface area contributed by atoms with Crippen molar-refractivity contribution in [1.82, 2.24) is 59.0 Å². The molecule has 26 heteroatoms. The van der Waals surface area contributed by atoms with Gasteiger partial charge in [0.1, 0.15) is 34.5 Å². The minimum absolute atomic E-state index is 0.00717. The molecule has 0 aliphatic rings. The van der Waals surface area contributed by atoms with Crippen LogP contribution in [0.4, 0.5) is 0 Å². The Balaban J connectivity index is 0.000000193. The van der Waals surface area contributed by atoms with Crippen molar-refractivity contribution in [2.24, 2.45) is 0 Å². The highest BCUT2D eigenvalue weighted by molar-refractivity contribution is 7.89. The molecule has 0 fully saturated rings. The van der Waals surface area contributed by atoms with E-state index in [1.807, 2.05) is 170 Å². The van der Waals surface area contributed by atoms with Crippen LogP contribution in [0.2, 0.25) is 0 Å². The number of aliphatic hydroxyl groups excluding tert-OH is 2. The third-order valence-electron chi connectivity index (χ3n) is 18.8. The normalized spacial score (nSPS) is 11.6. The second-order valence-corrected chi connectivity index (χ2v) is 29.3. The number of hydrogen-bond donors (Lipinski definition) is 2. The van der Waals surface area contributed by atoms with E-state index in [-0.39, 0.29) is 92.3 Å². The van der Waals surface area contributed by atoms with Crippen molar-refractivity contribution in [3.05, 3.63) is 287 Å². The Morgan fingerprint density at radius 2 is 0.736 bits per heavy atom. The number of rotatable bonds is 30. The van der Waals surface area contributed by atoms with Crippen LogP contribution >= 0.6 is 0 Å². The topological polar surface area (TPSA) is 284 Å². The monoisotopic (exact) mass is 1510 g/mol. The molecule has 14 aromatic rings. The predicted octanol–water partition coefficient (Wildman–Crippen LogP) is 13.1. The van der Waals surface area contributed by atoms with E-state index in [2.05, 4.69) is 35.8 Å². The van der Waals surface area contributed by atoms with Gasteiger partial charge in [-0.05, 0) is 192 Å². The van der Waals surface area contributed by atoms with Crippen LogP contribution in [0.3, 0.4) is 0 Å². The van der Waals surface area contributed by atoms with Gasteiger partial charge < -0.3 is 38.6 Å². The molecule has 4 heterocycles. The van der Waals surface area contributed by atoms with Gasteiger partial charge in [0.2, 0.25) is 25.9 Å². The average molecular weight is 1510 g/mol. The molecule has 0 spiro atoms. The summed E-state index contributed by atoms with van der Waals surface area (Å²) in [6.45, 7) is 0.108. The van der Waals surface area contributed by atoms with Gasteiger partial charge in [-0.2, -0.15) is 13.4 Å². The third-order valence-corrected chi connectivity index (χ3v) is 22.6. The molecular formula is C84H80N12O12S2. The van der Waals surface area contributed by atoms with Crippen molar-refractivity contribution in [1.29, 1.82) is 0 Å². The fraction of sp³-hybridized carbons (Fsp3) is 0.190. The van der Waals surface area contributed by atoms with Gasteiger partial charge in [-0.15, -0.1) is 15.3 Å². The fourth-order valence-corrected chi connectivity index (χ4v) is 16.9. The van der Waals surface area contributed by atoms with Crippen LogP contribution in [0.15, 0.2) is 253 Å². The van der Waals surface area contributed by atoms with Gasteiger partial charge in [0.25, 0.3) is 0 Å². The van der Waals surface area contributed by atoms with Gasteiger partial charge >= 0.3 is 0 Å². The van der Waals surface area contributed by atoms with E-state index in [0.29, 0.717) is 56.6 Å². The zero-order chi connectivity index (χ0) is 76.7. The van der Waals surface area contributed by atoms with Crippen molar-refractivity contribution >= 4 is 41.9 Å². The summed E-state index contributed by atoms with van der Waals surface area (Å²) in [6, 6.07) is 70.6. The molecule has 0 aliphatic carbocycles. The van der Waals surface area contributed by atoms with Crippen LogP contribution in [0.1, 0.15) is 44.5 Å². The third kappa shape index (κ3) is 17.0. The Kier molecular flexibility index (Phi) is 24.0. The first kappa shape index (κ1) is 75.9. The van der Waals surface area contributed by atoms with Crippen LogP contribution in [0.25, 0.3) is 66.8 Å². The first-order valence-electron chi connectivity index (χ1n) is 35.2. The molecule has 0 saturated heterocycles. The average Bonchev–Trinajstić information content (AvgIpc) is 1.19. The lowest BCUT2D eigenvalue weighted by molar-refractivity contribution is 0.298. The van der Waals surface area contributed by atoms with Crippen LogP contribution in [-0.2, 0) is 72.2 Å². The SMILES string of the molecule is COc1ccc(CN(Cc2ccc(OC)cc2)S(=O)(=O)c2c(CCO)ccc(-c3cccc4ncccc34)c2-c2nnn(Cc3ccc(OC)cc3)n2)cc1.COc1ccc(CN(Cc2ccc(OC)cc2)S(=O)(=O)c2c(CCO)ccc(-c3cccc4ncccc34)c2-c2nnnn2Cc2ccc(OC)cc2)cc1. The van der Waals surface area contributed by atoms with E-state index in [4.69, 9.17) is 33.5 Å². The predicted molar refractivity (Wildman–Crippen MR) is 419 cm³/mol. The number of fused-ring (bicyclic) bond motifs is 2. The molecular weight excluding hydrogens is 1430 g/mol. The van der Waals surface area contributed by atoms with Crippen molar-refractivity contribution in [2.45, 2.75) is 61.9 Å². The summed E-state index contributed by atoms with van der Waals surface area (Å²) in [7, 11) is 0.755. The highest BCUT2D eigenvalue weighted by atomic mass is 32.2. The second kappa shape index (κ2) is 34.7. The lowest BCUT2D eigenvalue weighted by atomic mass is 9.93. The number of nitrogens with zero attached hydrogens (tertiary/aromatic N) is 12. The number of ether oxygens (including phenoxy) is 6. The highest BCUT2D eigenvalue weighted by Crippen LogP contribution is 2.45.